The van der Waals surface area contributed by atoms with Crippen LogP contribution in [0.3, 0.4) is 0 Å². The van der Waals surface area contributed by atoms with Gasteiger partial charge in [-0.05, 0) is 37.1 Å². The first-order valence-corrected chi connectivity index (χ1v) is 10.0. The molecule has 7 heteroatoms. The number of hydrogen-bond acceptors (Lipinski definition) is 4. The lowest BCUT2D eigenvalue weighted by atomic mass is 9.96. The highest BCUT2D eigenvalue weighted by atomic mass is 16.5. The second-order valence-corrected chi connectivity index (χ2v) is 7.41. The van der Waals surface area contributed by atoms with Gasteiger partial charge in [0, 0.05) is 20.6 Å². The molecule has 1 atom stereocenters. The fourth-order valence-electron chi connectivity index (χ4n) is 2.67. The van der Waals surface area contributed by atoms with Gasteiger partial charge in [0.1, 0.15) is 11.4 Å². The van der Waals surface area contributed by atoms with Crippen molar-refractivity contribution in [3.63, 3.8) is 0 Å². The number of rotatable bonds is 9. The van der Waals surface area contributed by atoms with Crippen molar-refractivity contribution in [3.8, 4) is 5.75 Å². The van der Waals surface area contributed by atoms with Gasteiger partial charge in [-0.15, -0.1) is 0 Å². The molecule has 0 saturated heterocycles. The Morgan fingerprint density at radius 2 is 1.87 bits per heavy atom. The average Bonchev–Trinajstić information content (AvgIpc) is 2.75. The van der Waals surface area contributed by atoms with Crippen molar-refractivity contribution in [1.29, 1.82) is 0 Å². The Kier molecular flexibility index (Phi) is 8.68. The van der Waals surface area contributed by atoms with Gasteiger partial charge in [-0.3, -0.25) is 4.79 Å². The number of nitrogens with one attached hydrogen (secondary N) is 2. The molecule has 0 heterocycles. The molecular formula is C23H32N4O3. The first-order valence-electron chi connectivity index (χ1n) is 10.0. The van der Waals surface area contributed by atoms with E-state index in [1.165, 1.54) is 4.90 Å². The molecule has 1 unspecified atom stereocenters. The smallest absolute Gasteiger partial charge is 0.259 e. The highest BCUT2D eigenvalue weighted by Crippen LogP contribution is 2.19. The van der Waals surface area contributed by atoms with Crippen molar-refractivity contribution < 1.29 is 14.6 Å². The Morgan fingerprint density at radius 3 is 2.53 bits per heavy atom. The molecule has 162 valence electrons. The summed E-state index contributed by atoms with van der Waals surface area (Å²) in [6.45, 7) is 5.21. The first-order chi connectivity index (χ1) is 14.3. The van der Waals surface area contributed by atoms with Crippen LogP contribution < -0.4 is 15.4 Å². The number of aliphatic hydroxyl groups is 1. The van der Waals surface area contributed by atoms with Crippen molar-refractivity contribution in [3.05, 3.63) is 65.7 Å². The number of hydrogen-bond donors (Lipinski definition) is 3. The van der Waals surface area contributed by atoms with Crippen molar-refractivity contribution >= 4 is 11.9 Å². The summed E-state index contributed by atoms with van der Waals surface area (Å²) in [5.74, 6) is 1.15. The summed E-state index contributed by atoms with van der Waals surface area (Å²) in [5.41, 5.74) is 0.770. The summed E-state index contributed by atoms with van der Waals surface area (Å²) in [4.78, 5) is 17.8. The highest BCUT2D eigenvalue weighted by molar-refractivity contribution is 5.79. The van der Waals surface area contributed by atoms with Crippen LogP contribution in [-0.4, -0.2) is 55.7 Å². The standard InChI is InChI=1S/C23H32N4O3/c1-5-24-22(26-17-23(2,29)19-11-7-6-8-12-19)25-15-18-10-9-13-20(14-18)30-16-21(28)27(3)4/h6-14,29H,5,15-17H2,1-4H3,(H2,24,25,26). The van der Waals surface area contributed by atoms with Gasteiger partial charge in [0.25, 0.3) is 5.91 Å². The van der Waals surface area contributed by atoms with Crippen molar-refractivity contribution in [2.45, 2.75) is 26.0 Å². The van der Waals surface area contributed by atoms with E-state index >= 15 is 0 Å². The Hall–Kier alpha value is -3.06. The van der Waals surface area contributed by atoms with Crippen LogP contribution >= 0.6 is 0 Å². The topological polar surface area (TPSA) is 86.2 Å². The molecule has 0 bridgehead atoms. The Bertz CT molecular complexity index is 835. The van der Waals surface area contributed by atoms with Gasteiger partial charge >= 0.3 is 0 Å². The first kappa shape index (κ1) is 23.2. The summed E-state index contributed by atoms with van der Waals surface area (Å²) in [6, 6.07) is 17.1. The summed E-state index contributed by atoms with van der Waals surface area (Å²) < 4.78 is 5.56. The third-order valence-corrected chi connectivity index (χ3v) is 4.52. The van der Waals surface area contributed by atoms with Crippen molar-refractivity contribution in [2.24, 2.45) is 4.99 Å². The number of amides is 1. The minimum atomic E-state index is -1.02. The van der Waals surface area contributed by atoms with Crippen LogP contribution in [0.1, 0.15) is 25.0 Å². The molecule has 0 aliphatic rings. The minimum absolute atomic E-state index is 0.00150. The van der Waals surface area contributed by atoms with E-state index in [1.54, 1.807) is 21.0 Å². The number of likely N-dealkylation sites (N-methyl/N-ethyl adjacent to an activating group) is 1. The van der Waals surface area contributed by atoms with E-state index in [9.17, 15) is 9.90 Å². The third kappa shape index (κ3) is 7.40. The lowest BCUT2D eigenvalue weighted by Crippen LogP contribution is -2.44. The molecule has 0 radical (unpaired) electrons. The van der Waals surface area contributed by atoms with Crippen LogP contribution in [0.4, 0.5) is 0 Å². The maximum absolute atomic E-state index is 11.7. The van der Waals surface area contributed by atoms with Crippen LogP contribution in [0.25, 0.3) is 0 Å². The number of benzene rings is 2. The number of nitrogens with zero attached hydrogens (tertiary/aromatic N) is 2. The lowest BCUT2D eigenvalue weighted by Gasteiger charge is -2.25. The normalized spacial score (nSPS) is 13.3. The Labute approximate surface area is 178 Å². The van der Waals surface area contributed by atoms with Crippen LogP contribution in [0.15, 0.2) is 59.6 Å². The number of carbonyl (C=O) groups is 1. The van der Waals surface area contributed by atoms with E-state index < -0.39 is 5.60 Å². The van der Waals surface area contributed by atoms with E-state index in [-0.39, 0.29) is 12.5 Å². The predicted octanol–water partition coefficient (Wildman–Crippen LogP) is 2.12. The summed E-state index contributed by atoms with van der Waals surface area (Å²) in [6.07, 6.45) is 0. The van der Waals surface area contributed by atoms with Gasteiger partial charge in [0.05, 0.1) is 13.1 Å². The fourth-order valence-corrected chi connectivity index (χ4v) is 2.67. The minimum Gasteiger partial charge on any atom is -0.484 e. The summed E-state index contributed by atoms with van der Waals surface area (Å²) in [5, 5.41) is 17.2. The third-order valence-electron chi connectivity index (χ3n) is 4.52. The zero-order valence-corrected chi connectivity index (χ0v) is 18.2. The molecule has 0 aliphatic heterocycles. The van der Waals surface area contributed by atoms with Gasteiger partial charge in [-0.1, -0.05) is 42.5 Å². The Morgan fingerprint density at radius 1 is 1.13 bits per heavy atom. The van der Waals surface area contributed by atoms with Gasteiger partial charge in [-0.25, -0.2) is 4.99 Å². The highest BCUT2D eigenvalue weighted by Gasteiger charge is 2.22. The predicted molar refractivity (Wildman–Crippen MR) is 119 cm³/mol. The Balaban J connectivity index is 1.99. The number of ether oxygens (including phenoxy) is 1. The maximum Gasteiger partial charge on any atom is 0.259 e. The maximum atomic E-state index is 11.7. The second-order valence-electron chi connectivity index (χ2n) is 7.41. The van der Waals surface area contributed by atoms with Gasteiger partial charge < -0.3 is 25.4 Å². The zero-order chi connectivity index (χ0) is 22.0. The molecule has 30 heavy (non-hydrogen) atoms. The van der Waals surface area contributed by atoms with Crippen LogP contribution in [0.2, 0.25) is 0 Å². The van der Waals surface area contributed by atoms with Gasteiger partial charge in [0.2, 0.25) is 0 Å². The SMILES string of the molecule is CCNC(=NCc1cccc(OCC(=O)N(C)C)c1)NCC(C)(O)c1ccccc1. The number of aliphatic imine (C=N–C) groups is 1. The second kappa shape index (κ2) is 11.2. The van der Waals surface area contributed by atoms with Crippen molar-refractivity contribution in [2.75, 3.05) is 33.8 Å². The molecule has 0 aromatic heterocycles. The van der Waals surface area contributed by atoms with Crippen LogP contribution in [0.5, 0.6) is 5.75 Å². The van der Waals surface area contributed by atoms with E-state index in [1.807, 2.05) is 61.5 Å². The molecule has 2 rings (SSSR count). The van der Waals surface area contributed by atoms with E-state index in [4.69, 9.17) is 4.74 Å². The van der Waals surface area contributed by atoms with Crippen molar-refractivity contribution in [1.82, 2.24) is 15.5 Å². The van der Waals surface area contributed by atoms with Gasteiger partial charge in [-0.2, -0.15) is 0 Å². The molecular weight excluding hydrogens is 380 g/mol. The summed E-state index contributed by atoms with van der Waals surface area (Å²) in [7, 11) is 3.39. The zero-order valence-electron chi connectivity index (χ0n) is 18.2. The van der Waals surface area contributed by atoms with E-state index in [0.29, 0.717) is 31.3 Å². The average molecular weight is 413 g/mol. The quantitative estimate of drug-likeness (QED) is 0.434. The van der Waals surface area contributed by atoms with E-state index in [0.717, 1.165) is 11.1 Å². The molecule has 0 spiro atoms. The van der Waals surface area contributed by atoms with Crippen LogP contribution in [0, 0.1) is 0 Å². The molecule has 3 N–H and O–H groups in total. The largest absolute Gasteiger partial charge is 0.484 e. The molecule has 7 nitrogen and oxygen atoms in total. The molecule has 0 fully saturated rings. The number of guanidine groups is 1. The molecule has 2 aromatic carbocycles. The molecule has 0 aliphatic carbocycles. The number of carbonyl (C=O) groups excluding carboxylic acids is 1. The van der Waals surface area contributed by atoms with Gasteiger partial charge in [0.15, 0.2) is 12.6 Å². The van der Waals surface area contributed by atoms with Crippen LogP contribution in [-0.2, 0) is 16.9 Å². The molecule has 1 amide bonds. The summed E-state index contributed by atoms with van der Waals surface area (Å²) >= 11 is 0. The lowest BCUT2D eigenvalue weighted by molar-refractivity contribution is -0.130. The molecule has 2 aromatic rings. The monoisotopic (exact) mass is 412 g/mol. The molecule has 0 saturated carbocycles. The fraction of sp³-hybridized carbons (Fsp3) is 0.391. The van der Waals surface area contributed by atoms with E-state index in [2.05, 4.69) is 15.6 Å².